The standard InChI is InChI=1S/C23H21N3O2/c1-15-7-8-19(16(2)13-15)25-22(27)20-14-18(9-11-24-20)23(28)26-12-10-17-5-3-4-6-21(17)26/h3-9,11,13-14H,10,12H2,1-2H3,(H,25,27). The van der Waals surface area contributed by atoms with E-state index in [0.717, 1.165) is 34.5 Å². The Bertz CT molecular complexity index is 1070. The van der Waals surface area contributed by atoms with Crippen molar-refractivity contribution in [2.75, 3.05) is 16.8 Å². The van der Waals surface area contributed by atoms with Gasteiger partial charge in [-0.3, -0.25) is 14.6 Å². The van der Waals surface area contributed by atoms with Crippen LogP contribution in [-0.2, 0) is 6.42 Å². The number of rotatable bonds is 3. The minimum absolute atomic E-state index is 0.118. The zero-order valence-corrected chi connectivity index (χ0v) is 15.9. The third-order valence-electron chi connectivity index (χ3n) is 5.00. The largest absolute Gasteiger partial charge is 0.320 e. The summed E-state index contributed by atoms with van der Waals surface area (Å²) in [5.74, 6) is -0.448. The molecular formula is C23H21N3O2. The number of anilines is 2. The number of nitrogens with zero attached hydrogens (tertiary/aromatic N) is 2. The topological polar surface area (TPSA) is 62.3 Å². The zero-order valence-electron chi connectivity index (χ0n) is 15.9. The molecule has 5 nitrogen and oxygen atoms in total. The van der Waals surface area contributed by atoms with E-state index in [4.69, 9.17) is 0 Å². The first-order chi connectivity index (χ1) is 13.5. The minimum atomic E-state index is -0.330. The van der Waals surface area contributed by atoms with Crippen LogP contribution in [0.4, 0.5) is 11.4 Å². The SMILES string of the molecule is Cc1ccc(NC(=O)c2cc(C(=O)N3CCc4ccccc43)ccn2)c(C)c1. The third kappa shape index (κ3) is 3.39. The van der Waals surface area contributed by atoms with Crippen molar-refractivity contribution in [3.63, 3.8) is 0 Å². The number of para-hydroxylation sites is 1. The van der Waals surface area contributed by atoms with E-state index in [0.29, 0.717) is 12.1 Å². The van der Waals surface area contributed by atoms with Crippen LogP contribution >= 0.6 is 0 Å². The molecule has 2 heterocycles. The van der Waals surface area contributed by atoms with Gasteiger partial charge in [0.15, 0.2) is 0 Å². The number of carbonyl (C=O) groups is 2. The lowest BCUT2D eigenvalue weighted by atomic mass is 10.1. The van der Waals surface area contributed by atoms with Gasteiger partial charge in [0.05, 0.1) is 0 Å². The van der Waals surface area contributed by atoms with Crippen LogP contribution in [0.1, 0.15) is 37.5 Å². The number of hydrogen-bond donors (Lipinski definition) is 1. The molecule has 0 unspecified atom stereocenters. The van der Waals surface area contributed by atoms with Gasteiger partial charge in [-0.1, -0.05) is 35.9 Å². The summed E-state index contributed by atoms with van der Waals surface area (Å²) in [6.07, 6.45) is 2.35. The van der Waals surface area contributed by atoms with E-state index in [1.807, 2.05) is 56.3 Å². The highest BCUT2D eigenvalue weighted by atomic mass is 16.2. The summed E-state index contributed by atoms with van der Waals surface area (Å²) >= 11 is 0. The monoisotopic (exact) mass is 371 g/mol. The van der Waals surface area contributed by atoms with Crippen LogP contribution in [-0.4, -0.2) is 23.3 Å². The molecule has 5 heteroatoms. The Hall–Kier alpha value is -3.47. The fourth-order valence-corrected chi connectivity index (χ4v) is 3.53. The van der Waals surface area contributed by atoms with Gasteiger partial charge in [-0.25, -0.2) is 0 Å². The molecule has 0 saturated heterocycles. The molecule has 1 aromatic heterocycles. The van der Waals surface area contributed by atoms with Gasteiger partial charge in [0, 0.05) is 29.7 Å². The fourth-order valence-electron chi connectivity index (χ4n) is 3.53. The summed E-state index contributed by atoms with van der Waals surface area (Å²) in [5, 5.41) is 2.88. The third-order valence-corrected chi connectivity index (χ3v) is 5.00. The van der Waals surface area contributed by atoms with Crippen molar-refractivity contribution in [2.45, 2.75) is 20.3 Å². The molecule has 0 fully saturated rings. The quantitative estimate of drug-likeness (QED) is 0.752. The van der Waals surface area contributed by atoms with Gasteiger partial charge in [-0.05, 0) is 55.7 Å². The van der Waals surface area contributed by atoms with Crippen LogP contribution in [0.25, 0.3) is 0 Å². The second-order valence-corrected chi connectivity index (χ2v) is 7.04. The predicted molar refractivity (Wildman–Crippen MR) is 110 cm³/mol. The van der Waals surface area contributed by atoms with Crippen molar-refractivity contribution in [3.8, 4) is 0 Å². The number of carbonyl (C=O) groups excluding carboxylic acids is 2. The van der Waals surface area contributed by atoms with E-state index in [-0.39, 0.29) is 17.5 Å². The number of pyridine rings is 1. The second kappa shape index (κ2) is 7.27. The summed E-state index contributed by atoms with van der Waals surface area (Å²) in [6.45, 7) is 4.59. The highest BCUT2D eigenvalue weighted by molar-refractivity contribution is 6.09. The average molecular weight is 371 g/mol. The van der Waals surface area contributed by atoms with E-state index < -0.39 is 0 Å². The van der Waals surface area contributed by atoms with Crippen LogP contribution in [0.2, 0.25) is 0 Å². The van der Waals surface area contributed by atoms with Gasteiger partial charge in [0.2, 0.25) is 0 Å². The molecule has 0 atom stereocenters. The number of fused-ring (bicyclic) bond motifs is 1. The fraction of sp³-hybridized carbons (Fsp3) is 0.174. The number of hydrogen-bond acceptors (Lipinski definition) is 3. The van der Waals surface area contributed by atoms with Gasteiger partial charge in [0.25, 0.3) is 11.8 Å². The molecule has 4 rings (SSSR count). The van der Waals surface area contributed by atoms with Crippen molar-refractivity contribution >= 4 is 23.2 Å². The molecule has 2 aromatic carbocycles. The van der Waals surface area contributed by atoms with E-state index >= 15 is 0 Å². The first-order valence-corrected chi connectivity index (χ1v) is 9.27. The average Bonchev–Trinajstić information content (AvgIpc) is 3.14. The lowest BCUT2D eigenvalue weighted by Crippen LogP contribution is -2.29. The summed E-state index contributed by atoms with van der Waals surface area (Å²) < 4.78 is 0. The molecule has 1 aliphatic heterocycles. The number of aryl methyl sites for hydroxylation is 2. The van der Waals surface area contributed by atoms with E-state index in [1.54, 1.807) is 17.0 Å². The van der Waals surface area contributed by atoms with Crippen LogP contribution in [0, 0.1) is 13.8 Å². The Kier molecular flexibility index (Phi) is 4.65. The molecule has 1 N–H and O–H groups in total. The molecule has 0 spiro atoms. The Morgan fingerprint density at radius 3 is 2.68 bits per heavy atom. The first-order valence-electron chi connectivity index (χ1n) is 9.27. The highest BCUT2D eigenvalue weighted by Crippen LogP contribution is 2.29. The molecule has 0 radical (unpaired) electrons. The normalized spacial score (nSPS) is 12.6. The highest BCUT2D eigenvalue weighted by Gasteiger charge is 2.25. The summed E-state index contributed by atoms with van der Waals surface area (Å²) in [7, 11) is 0. The number of benzene rings is 2. The molecule has 28 heavy (non-hydrogen) atoms. The van der Waals surface area contributed by atoms with Gasteiger partial charge in [0.1, 0.15) is 5.69 Å². The van der Waals surface area contributed by atoms with Crippen molar-refractivity contribution in [3.05, 3.63) is 88.7 Å². The summed E-state index contributed by atoms with van der Waals surface area (Å²) in [5.41, 5.74) is 5.63. The Morgan fingerprint density at radius 1 is 1.04 bits per heavy atom. The molecule has 3 aromatic rings. The van der Waals surface area contributed by atoms with Crippen LogP contribution in [0.3, 0.4) is 0 Å². The number of amides is 2. The lowest BCUT2D eigenvalue weighted by Gasteiger charge is -2.17. The van der Waals surface area contributed by atoms with Crippen LogP contribution < -0.4 is 10.2 Å². The zero-order chi connectivity index (χ0) is 19.7. The maximum absolute atomic E-state index is 13.0. The van der Waals surface area contributed by atoms with Gasteiger partial charge < -0.3 is 10.2 Å². The second-order valence-electron chi connectivity index (χ2n) is 7.04. The molecule has 0 bridgehead atoms. The molecule has 0 saturated carbocycles. The molecule has 140 valence electrons. The first kappa shape index (κ1) is 17.9. The molecule has 2 amide bonds. The van der Waals surface area contributed by atoms with Crippen molar-refractivity contribution in [1.82, 2.24) is 4.98 Å². The Morgan fingerprint density at radius 2 is 1.86 bits per heavy atom. The number of nitrogens with one attached hydrogen (secondary N) is 1. The molecular weight excluding hydrogens is 350 g/mol. The van der Waals surface area contributed by atoms with Crippen LogP contribution in [0.5, 0.6) is 0 Å². The van der Waals surface area contributed by atoms with Crippen molar-refractivity contribution < 1.29 is 9.59 Å². The Labute approximate surface area is 164 Å². The molecule has 1 aliphatic rings. The van der Waals surface area contributed by atoms with E-state index in [9.17, 15) is 9.59 Å². The van der Waals surface area contributed by atoms with Crippen LogP contribution in [0.15, 0.2) is 60.8 Å². The smallest absolute Gasteiger partial charge is 0.274 e. The maximum atomic E-state index is 13.0. The maximum Gasteiger partial charge on any atom is 0.274 e. The van der Waals surface area contributed by atoms with Gasteiger partial charge in [-0.15, -0.1) is 0 Å². The minimum Gasteiger partial charge on any atom is -0.320 e. The van der Waals surface area contributed by atoms with E-state index in [2.05, 4.69) is 10.3 Å². The summed E-state index contributed by atoms with van der Waals surface area (Å²) in [4.78, 5) is 31.6. The van der Waals surface area contributed by atoms with Gasteiger partial charge >= 0.3 is 0 Å². The van der Waals surface area contributed by atoms with E-state index in [1.165, 1.54) is 6.20 Å². The van der Waals surface area contributed by atoms with Crippen molar-refractivity contribution in [2.24, 2.45) is 0 Å². The van der Waals surface area contributed by atoms with Crippen molar-refractivity contribution in [1.29, 1.82) is 0 Å². The number of aromatic nitrogens is 1. The summed E-state index contributed by atoms with van der Waals surface area (Å²) in [6, 6.07) is 16.9. The van der Waals surface area contributed by atoms with Gasteiger partial charge in [-0.2, -0.15) is 0 Å². The lowest BCUT2D eigenvalue weighted by molar-refractivity contribution is 0.0989. The molecule has 0 aliphatic carbocycles. The predicted octanol–water partition coefficient (Wildman–Crippen LogP) is 4.15. The Balaban J connectivity index is 1.56.